The highest BCUT2D eigenvalue weighted by Crippen LogP contribution is 2.52. The van der Waals surface area contributed by atoms with Gasteiger partial charge in [-0.05, 0) is 48.8 Å². The molecule has 3 nitrogen and oxygen atoms in total. The lowest BCUT2D eigenvalue weighted by atomic mass is 9.57. The van der Waals surface area contributed by atoms with Crippen molar-refractivity contribution < 1.29 is 9.47 Å². The molecule has 2 unspecified atom stereocenters. The fourth-order valence-electron chi connectivity index (χ4n) is 3.63. The van der Waals surface area contributed by atoms with E-state index in [4.69, 9.17) is 9.47 Å². The van der Waals surface area contributed by atoms with Crippen LogP contribution in [0.2, 0.25) is 0 Å². The molecule has 0 aromatic heterocycles. The summed E-state index contributed by atoms with van der Waals surface area (Å²) < 4.78 is 11.2. The molecule has 130 valence electrons. The fraction of sp³-hybridized carbons (Fsp3) is 0.700. The van der Waals surface area contributed by atoms with Crippen LogP contribution in [0.25, 0.3) is 0 Å². The van der Waals surface area contributed by atoms with Crippen LogP contribution in [0.3, 0.4) is 0 Å². The van der Waals surface area contributed by atoms with Gasteiger partial charge >= 0.3 is 0 Å². The van der Waals surface area contributed by atoms with Gasteiger partial charge in [0.1, 0.15) is 5.75 Å². The highest BCUT2D eigenvalue weighted by Gasteiger charge is 2.54. The predicted octanol–water partition coefficient (Wildman–Crippen LogP) is 4.71. The molecule has 0 radical (unpaired) electrons. The van der Waals surface area contributed by atoms with Crippen molar-refractivity contribution in [3.05, 3.63) is 29.8 Å². The number of hydrogen-bond donors (Lipinski definition) is 1. The molecule has 1 aromatic carbocycles. The molecule has 23 heavy (non-hydrogen) atoms. The van der Waals surface area contributed by atoms with Crippen LogP contribution in [-0.4, -0.2) is 19.4 Å². The van der Waals surface area contributed by atoms with Crippen LogP contribution in [0.15, 0.2) is 24.3 Å². The van der Waals surface area contributed by atoms with Crippen LogP contribution in [0.4, 0.5) is 0 Å². The van der Waals surface area contributed by atoms with Gasteiger partial charge in [0.15, 0.2) is 6.29 Å². The topological polar surface area (TPSA) is 30.5 Å². The Morgan fingerprint density at radius 1 is 1.17 bits per heavy atom. The van der Waals surface area contributed by atoms with E-state index in [9.17, 15) is 0 Å². The monoisotopic (exact) mass is 319 g/mol. The first-order valence-electron chi connectivity index (χ1n) is 8.73. The van der Waals surface area contributed by atoms with Gasteiger partial charge in [0.05, 0.1) is 5.54 Å². The van der Waals surface area contributed by atoms with Crippen LogP contribution in [0.5, 0.6) is 5.75 Å². The van der Waals surface area contributed by atoms with Gasteiger partial charge in [0.2, 0.25) is 0 Å². The van der Waals surface area contributed by atoms with E-state index >= 15 is 0 Å². The van der Waals surface area contributed by atoms with Gasteiger partial charge in [0.25, 0.3) is 0 Å². The molecule has 3 heteroatoms. The minimum atomic E-state index is -0.215. The minimum Gasteiger partial charge on any atom is -0.465 e. The van der Waals surface area contributed by atoms with Gasteiger partial charge in [0, 0.05) is 13.2 Å². The van der Waals surface area contributed by atoms with Crippen molar-refractivity contribution in [1.29, 1.82) is 0 Å². The van der Waals surface area contributed by atoms with E-state index in [1.807, 2.05) is 13.8 Å². The van der Waals surface area contributed by atoms with Crippen LogP contribution < -0.4 is 10.1 Å². The molecule has 1 heterocycles. The number of nitrogens with one attached hydrogen (secondary N) is 1. The molecular weight excluding hydrogens is 286 g/mol. The molecule has 1 aliphatic heterocycles. The zero-order chi connectivity index (χ0) is 17.3. The van der Waals surface area contributed by atoms with Crippen molar-refractivity contribution in [1.82, 2.24) is 5.32 Å². The second-order valence-electron chi connectivity index (χ2n) is 8.55. The maximum absolute atomic E-state index is 5.78. The van der Waals surface area contributed by atoms with Crippen LogP contribution in [0.1, 0.15) is 60.5 Å². The first-order chi connectivity index (χ1) is 10.6. The molecule has 0 saturated carbocycles. The van der Waals surface area contributed by atoms with Crippen molar-refractivity contribution in [3.8, 4) is 5.75 Å². The summed E-state index contributed by atoms with van der Waals surface area (Å²) >= 11 is 0. The third-order valence-electron chi connectivity index (χ3n) is 4.83. The van der Waals surface area contributed by atoms with Gasteiger partial charge in [-0.1, -0.05) is 46.8 Å². The summed E-state index contributed by atoms with van der Waals surface area (Å²) in [5.41, 5.74) is 1.90. The van der Waals surface area contributed by atoms with E-state index in [1.54, 1.807) is 0 Å². The standard InChI is InChI=1S/C20H33NO2/c1-8-22-15(2)23-17-11-9-16(10-12-17)20(13-18(3,4)5)19(6,7)14-21-20/h9-12,15,21H,8,13-14H2,1-7H3. The highest BCUT2D eigenvalue weighted by molar-refractivity contribution is 5.36. The number of hydrogen-bond acceptors (Lipinski definition) is 3. The van der Waals surface area contributed by atoms with Crippen LogP contribution >= 0.6 is 0 Å². The van der Waals surface area contributed by atoms with Crippen LogP contribution in [0, 0.1) is 10.8 Å². The van der Waals surface area contributed by atoms with E-state index in [0.717, 1.165) is 18.7 Å². The van der Waals surface area contributed by atoms with Crippen molar-refractivity contribution >= 4 is 0 Å². The largest absolute Gasteiger partial charge is 0.465 e. The Hall–Kier alpha value is -1.06. The highest BCUT2D eigenvalue weighted by atomic mass is 16.7. The SMILES string of the molecule is CCOC(C)Oc1ccc(C2(CC(C)(C)C)NCC2(C)C)cc1. The summed E-state index contributed by atoms with van der Waals surface area (Å²) in [6.45, 7) is 17.3. The van der Waals surface area contributed by atoms with Gasteiger partial charge in [-0.15, -0.1) is 0 Å². The molecule has 2 atom stereocenters. The van der Waals surface area contributed by atoms with Gasteiger partial charge in [-0.2, -0.15) is 0 Å². The Labute approximate surface area is 141 Å². The molecule has 0 spiro atoms. The lowest BCUT2D eigenvalue weighted by Crippen LogP contribution is -2.69. The summed E-state index contributed by atoms with van der Waals surface area (Å²) in [6.07, 6.45) is 0.899. The molecule has 0 amide bonds. The Bertz CT molecular complexity index is 515. The Kier molecular flexibility index (Phi) is 5.12. The summed E-state index contributed by atoms with van der Waals surface area (Å²) in [4.78, 5) is 0. The molecule has 2 rings (SSSR count). The molecule has 1 saturated heterocycles. The van der Waals surface area contributed by atoms with Gasteiger partial charge < -0.3 is 14.8 Å². The van der Waals surface area contributed by atoms with E-state index in [1.165, 1.54) is 5.56 Å². The van der Waals surface area contributed by atoms with E-state index < -0.39 is 0 Å². The van der Waals surface area contributed by atoms with Gasteiger partial charge in [-0.25, -0.2) is 0 Å². The molecule has 0 bridgehead atoms. The average Bonchev–Trinajstić information content (AvgIpc) is 2.44. The predicted molar refractivity (Wildman–Crippen MR) is 95.7 cm³/mol. The third-order valence-corrected chi connectivity index (χ3v) is 4.83. The van der Waals surface area contributed by atoms with E-state index in [0.29, 0.717) is 6.61 Å². The summed E-state index contributed by atoms with van der Waals surface area (Å²) in [6, 6.07) is 8.53. The van der Waals surface area contributed by atoms with Crippen LogP contribution in [-0.2, 0) is 10.3 Å². The minimum absolute atomic E-state index is 0.0370. The molecular formula is C20H33NO2. The number of ether oxygens (including phenoxy) is 2. The molecule has 0 aliphatic carbocycles. The van der Waals surface area contributed by atoms with E-state index in [2.05, 4.69) is 64.2 Å². The molecule has 1 N–H and O–H groups in total. The third kappa shape index (κ3) is 3.89. The Morgan fingerprint density at radius 2 is 1.78 bits per heavy atom. The molecule has 1 aromatic rings. The van der Waals surface area contributed by atoms with E-state index in [-0.39, 0.29) is 22.7 Å². The lowest BCUT2D eigenvalue weighted by molar-refractivity contribution is -0.0614. The van der Waals surface area contributed by atoms with Gasteiger partial charge in [-0.3, -0.25) is 0 Å². The molecule has 1 aliphatic rings. The summed E-state index contributed by atoms with van der Waals surface area (Å²) in [5.74, 6) is 0.859. The lowest BCUT2D eigenvalue weighted by Gasteiger charge is -2.60. The summed E-state index contributed by atoms with van der Waals surface area (Å²) in [5, 5.41) is 3.74. The first kappa shape index (κ1) is 18.3. The quantitative estimate of drug-likeness (QED) is 0.770. The van der Waals surface area contributed by atoms with Crippen molar-refractivity contribution in [2.45, 2.75) is 66.7 Å². The number of rotatable bonds is 6. The zero-order valence-corrected chi connectivity index (χ0v) is 15.8. The Balaban J connectivity index is 2.21. The molecule has 1 fully saturated rings. The van der Waals surface area contributed by atoms with Crippen molar-refractivity contribution in [2.24, 2.45) is 10.8 Å². The Morgan fingerprint density at radius 3 is 2.17 bits per heavy atom. The summed E-state index contributed by atoms with van der Waals surface area (Å²) in [7, 11) is 0. The number of benzene rings is 1. The fourth-order valence-corrected chi connectivity index (χ4v) is 3.63. The maximum Gasteiger partial charge on any atom is 0.196 e. The maximum atomic E-state index is 5.78. The smallest absolute Gasteiger partial charge is 0.196 e. The van der Waals surface area contributed by atoms with Crippen molar-refractivity contribution in [3.63, 3.8) is 0 Å². The second kappa shape index (κ2) is 6.45. The second-order valence-corrected chi connectivity index (χ2v) is 8.55. The normalized spacial score (nSPS) is 24.8. The zero-order valence-electron chi connectivity index (χ0n) is 15.8. The first-order valence-corrected chi connectivity index (χ1v) is 8.73. The van der Waals surface area contributed by atoms with Crippen molar-refractivity contribution in [2.75, 3.05) is 13.2 Å². The average molecular weight is 319 g/mol.